The number of carbonyl (C=O) groups excluding carboxylic acids is 2. The summed E-state index contributed by atoms with van der Waals surface area (Å²) in [6.45, 7) is 0. The molecule has 15 heavy (non-hydrogen) atoms. The van der Waals surface area contributed by atoms with Gasteiger partial charge in [0.2, 0.25) is 0 Å². The minimum absolute atomic E-state index is 0.0753. The van der Waals surface area contributed by atoms with E-state index in [4.69, 9.17) is 0 Å². The highest BCUT2D eigenvalue weighted by molar-refractivity contribution is 6.00. The Hall–Kier alpha value is -1.44. The summed E-state index contributed by atoms with van der Waals surface area (Å²) in [7, 11) is 0. The standard InChI is InChI=1S/C13H14O2/c14-12-8-4-7-11(9-12)13(15)10-5-2-1-3-6-10/h1-3,5-6,11H,4,7-9H2. The maximum atomic E-state index is 12.0. The fourth-order valence-corrected chi connectivity index (χ4v) is 2.09. The van der Waals surface area contributed by atoms with Gasteiger partial charge in [-0.05, 0) is 12.8 Å². The Bertz CT molecular complexity index is 367. The molecule has 0 radical (unpaired) electrons. The highest BCUT2D eigenvalue weighted by Gasteiger charge is 2.26. The quantitative estimate of drug-likeness (QED) is 0.691. The molecule has 0 aromatic heterocycles. The molecule has 2 nitrogen and oxygen atoms in total. The normalized spacial score (nSPS) is 21.3. The summed E-state index contributed by atoms with van der Waals surface area (Å²) in [5.41, 5.74) is 0.734. The number of rotatable bonds is 2. The zero-order chi connectivity index (χ0) is 10.7. The predicted octanol–water partition coefficient (Wildman–Crippen LogP) is 2.63. The van der Waals surface area contributed by atoms with Crippen LogP contribution in [0.2, 0.25) is 0 Å². The average Bonchev–Trinajstić information content (AvgIpc) is 2.29. The molecule has 0 saturated heterocycles. The third kappa shape index (κ3) is 2.32. The van der Waals surface area contributed by atoms with E-state index in [1.54, 1.807) is 0 Å². The molecule has 0 bridgehead atoms. The Kier molecular flexibility index (Phi) is 2.95. The fourth-order valence-electron chi connectivity index (χ4n) is 2.09. The molecule has 1 saturated carbocycles. The summed E-state index contributed by atoms with van der Waals surface area (Å²) in [5.74, 6) is 0.285. The highest BCUT2D eigenvalue weighted by atomic mass is 16.1. The highest BCUT2D eigenvalue weighted by Crippen LogP contribution is 2.24. The number of ketones is 2. The molecule has 0 amide bonds. The smallest absolute Gasteiger partial charge is 0.166 e. The van der Waals surface area contributed by atoms with Crippen molar-refractivity contribution in [2.75, 3.05) is 0 Å². The third-order valence-electron chi connectivity index (χ3n) is 2.91. The van der Waals surface area contributed by atoms with E-state index in [2.05, 4.69) is 0 Å². The molecule has 0 heterocycles. The Morgan fingerprint density at radius 2 is 1.93 bits per heavy atom. The molecule has 1 aromatic rings. The lowest BCUT2D eigenvalue weighted by Gasteiger charge is -2.19. The summed E-state index contributed by atoms with van der Waals surface area (Å²) in [6.07, 6.45) is 2.81. The minimum atomic E-state index is -0.0753. The molecular formula is C13H14O2. The average molecular weight is 202 g/mol. The van der Waals surface area contributed by atoms with E-state index in [1.165, 1.54) is 0 Å². The van der Waals surface area contributed by atoms with Crippen LogP contribution in [0.3, 0.4) is 0 Å². The molecule has 78 valence electrons. The summed E-state index contributed by atoms with van der Waals surface area (Å²) in [5, 5.41) is 0. The van der Waals surface area contributed by atoms with Crippen molar-refractivity contribution >= 4 is 11.6 Å². The van der Waals surface area contributed by atoms with E-state index in [1.807, 2.05) is 30.3 Å². The van der Waals surface area contributed by atoms with Gasteiger partial charge in [0.25, 0.3) is 0 Å². The van der Waals surface area contributed by atoms with E-state index >= 15 is 0 Å². The van der Waals surface area contributed by atoms with Crippen LogP contribution in [-0.2, 0) is 4.79 Å². The Labute approximate surface area is 89.3 Å². The molecule has 0 aliphatic heterocycles. The van der Waals surface area contributed by atoms with E-state index in [-0.39, 0.29) is 17.5 Å². The van der Waals surface area contributed by atoms with E-state index in [9.17, 15) is 9.59 Å². The van der Waals surface area contributed by atoms with Crippen LogP contribution < -0.4 is 0 Å². The van der Waals surface area contributed by atoms with Crippen molar-refractivity contribution in [2.45, 2.75) is 25.7 Å². The molecule has 1 fully saturated rings. The van der Waals surface area contributed by atoms with Gasteiger partial charge in [0.1, 0.15) is 5.78 Å². The summed E-state index contributed by atoms with van der Waals surface area (Å²) in [4.78, 5) is 23.3. The Morgan fingerprint density at radius 1 is 1.20 bits per heavy atom. The Balaban J connectivity index is 2.11. The maximum Gasteiger partial charge on any atom is 0.166 e. The second kappa shape index (κ2) is 4.39. The van der Waals surface area contributed by atoms with Crippen molar-refractivity contribution in [2.24, 2.45) is 5.92 Å². The first-order valence-corrected chi connectivity index (χ1v) is 5.38. The van der Waals surface area contributed by atoms with Crippen molar-refractivity contribution in [3.8, 4) is 0 Å². The number of benzene rings is 1. The van der Waals surface area contributed by atoms with Gasteiger partial charge < -0.3 is 0 Å². The summed E-state index contributed by atoms with van der Waals surface area (Å²) in [6, 6.07) is 9.25. The molecule has 2 rings (SSSR count). The third-order valence-corrected chi connectivity index (χ3v) is 2.91. The van der Waals surface area contributed by atoms with Gasteiger partial charge in [0.15, 0.2) is 5.78 Å². The van der Waals surface area contributed by atoms with Gasteiger partial charge in [-0.1, -0.05) is 30.3 Å². The zero-order valence-electron chi connectivity index (χ0n) is 8.61. The molecule has 1 aliphatic carbocycles. The van der Waals surface area contributed by atoms with Gasteiger partial charge in [-0.15, -0.1) is 0 Å². The van der Waals surface area contributed by atoms with Crippen molar-refractivity contribution in [3.63, 3.8) is 0 Å². The molecule has 0 spiro atoms. The molecule has 1 aliphatic rings. The van der Waals surface area contributed by atoms with Crippen molar-refractivity contribution in [1.29, 1.82) is 0 Å². The van der Waals surface area contributed by atoms with Gasteiger partial charge in [0, 0.05) is 24.3 Å². The van der Waals surface area contributed by atoms with Crippen LogP contribution in [0.1, 0.15) is 36.0 Å². The molecule has 1 unspecified atom stereocenters. The molecule has 1 aromatic carbocycles. The number of carbonyl (C=O) groups is 2. The largest absolute Gasteiger partial charge is 0.300 e. The van der Waals surface area contributed by atoms with Gasteiger partial charge in [-0.25, -0.2) is 0 Å². The van der Waals surface area contributed by atoms with E-state index in [0.717, 1.165) is 18.4 Å². The van der Waals surface area contributed by atoms with Crippen LogP contribution in [-0.4, -0.2) is 11.6 Å². The summed E-state index contributed by atoms with van der Waals surface area (Å²) < 4.78 is 0. The lowest BCUT2D eigenvalue weighted by molar-refractivity contribution is -0.121. The molecule has 0 N–H and O–H groups in total. The van der Waals surface area contributed by atoms with Gasteiger partial charge in [0.05, 0.1) is 0 Å². The molecule has 2 heteroatoms. The first-order valence-electron chi connectivity index (χ1n) is 5.38. The minimum Gasteiger partial charge on any atom is -0.300 e. The van der Waals surface area contributed by atoms with E-state index in [0.29, 0.717) is 12.8 Å². The van der Waals surface area contributed by atoms with Gasteiger partial charge in [-0.2, -0.15) is 0 Å². The van der Waals surface area contributed by atoms with Crippen LogP contribution in [0.4, 0.5) is 0 Å². The second-order valence-electron chi connectivity index (χ2n) is 4.06. The second-order valence-corrected chi connectivity index (χ2v) is 4.06. The van der Waals surface area contributed by atoms with Crippen LogP contribution in [0.25, 0.3) is 0 Å². The topological polar surface area (TPSA) is 34.1 Å². The monoisotopic (exact) mass is 202 g/mol. The zero-order valence-corrected chi connectivity index (χ0v) is 8.61. The van der Waals surface area contributed by atoms with Gasteiger partial charge >= 0.3 is 0 Å². The van der Waals surface area contributed by atoms with Crippen LogP contribution in [0.15, 0.2) is 30.3 Å². The van der Waals surface area contributed by atoms with Crippen LogP contribution in [0.5, 0.6) is 0 Å². The number of hydrogen-bond acceptors (Lipinski definition) is 2. The number of hydrogen-bond donors (Lipinski definition) is 0. The number of Topliss-reactive ketones (excluding diaryl/α,β-unsaturated/α-hetero) is 2. The van der Waals surface area contributed by atoms with Crippen LogP contribution in [0, 0.1) is 5.92 Å². The first kappa shape index (κ1) is 10.1. The lowest BCUT2D eigenvalue weighted by Crippen LogP contribution is -2.22. The van der Waals surface area contributed by atoms with E-state index < -0.39 is 0 Å². The SMILES string of the molecule is O=C1CCCC(C(=O)c2ccccc2)C1. The van der Waals surface area contributed by atoms with Crippen LogP contribution >= 0.6 is 0 Å². The fraction of sp³-hybridized carbons (Fsp3) is 0.385. The lowest BCUT2D eigenvalue weighted by atomic mass is 9.83. The predicted molar refractivity (Wildman–Crippen MR) is 57.7 cm³/mol. The first-order chi connectivity index (χ1) is 7.27. The molecular weight excluding hydrogens is 188 g/mol. The Morgan fingerprint density at radius 3 is 2.60 bits per heavy atom. The van der Waals surface area contributed by atoms with Crippen molar-refractivity contribution in [3.05, 3.63) is 35.9 Å². The van der Waals surface area contributed by atoms with Gasteiger partial charge in [-0.3, -0.25) is 9.59 Å². The van der Waals surface area contributed by atoms with Crippen molar-refractivity contribution in [1.82, 2.24) is 0 Å². The maximum absolute atomic E-state index is 12.0. The molecule has 1 atom stereocenters. The summed E-state index contributed by atoms with van der Waals surface area (Å²) >= 11 is 0. The van der Waals surface area contributed by atoms with Crippen molar-refractivity contribution < 1.29 is 9.59 Å².